The van der Waals surface area contributed by atoms with E-state index in [0.29, 0.717) is 4.99 Å². The van der Waals surface area contributed by atoms with Crippen molar-refractivity contribution in [1.82, 2.24) is 0 Å². The lowest BCUT2D eigenvalue weighted by Gasteiger charge is -2.23. The molecule has 2 N–H and O–H groups in total. The first-order valence-electron chi connectivity index (χ1n) is 6.45. The molecule has 0 unspecified atom stereocenters. The Morgan fingerprint density at radius 2 is 2.00 bits per heavy atom. The first-order valence-corrected chi connectivity index (χ1v) is 8.46. The van der Waals surface area contributed by atoms with Crippen LogP contribution in [0, 0.1) is 0 Å². The van der Waals surface area contributed by atoms with Gasteiger partial charge in [0, 0.05) is 34.8 Å². The van der Waals surface area contributed by atoms with E-state index in [1.807, 2.05) is 49.7 Å². The van der Waals surface area contributed by atoms with Gasteiger partial charge in [0.1, 0.15) is 4.99 Å². The van der Waals surface area contributed by atoms with Gasteiger partial charge < -0.3 is 10.6 Å². The molecule has 0 aromatic heterocycles. The first-order chi connectivity index (χ1) is 10.0. The van der Waals surface area contributed by atoms with E-state index in [2.05, 4.69) is 11.0 Å². The Balaban J connectivity index is 2.35. The van der Waals surface area contributed by atoms with E-state index in [1.54, 1.807) is 11.8 Å². The van der Waals surface area contributed by atoms with Crippen LogP contribution in [-0.2, 0) is 6.54 Å². The van der Waals surface area contributed by atoms with Gasteiger partial charge in [0.05, 0.1) is 0 Å². The Bertz CT molecular complexity index is 658. The van der Waals surface area contributed by atoms with Crippen LogP contribution in [0.5, 0.6) is 0 Å². The van der Waals surface area contributed by atoms with Gasteiger partial charge in [-0.25, -0.2) is 0 Å². The molecule has 0 fully saturated rings. The molecule has 21 heavy (non-hydrogen) atoms. The molecule has 0 radical (unpaired) electrons. The maximum atomic E-state index is 6.04. The van der Waals surface area contributed by atoms with Crippen molar-refractivity contribution >= 4 is 46.3 Å². The van der Waals surface area contributed by atoms with Crippen molar-refractivity contribution in [2.45, 2.75) is 11.4 Å². The van der Waals surface area contributed by atoms with E-state index in [9.17, 15) is 0 Å². The molecule has 0 spiro atoms. The lowest BCUT2D eigenvalue weighted by atomic mass is 10.1. The van der Waals surface area contributed by atoms with Gasteiger partial charge in [0.15, 0.2) is 0 Å². The average Bonchev–Trinajstić information content (AvgIpc) is 2.46. The number of hydrogen-bond donors (Lipinski definition) is 1. The lowest BCUT2D eigenvalue weighted by Crippen LogP contribution is -2.22. The molecule has 0 amide bonds. The Hall–Kier alpha value is -1.23. The third-order valence-electron chi connectivity index (χ3n) is 3.19. The molecule has 0 bridgehead atoms. The number of thioether (sulfide) groups is 1. The van der Waals surface area contributed by atoms with Crippen molar-refractivity contribution in [1.29, 1.82) is 0 Å². The summed E-state index contributed by atoms with van der Waals surface area (Å²) in [4.78, 5) is 3.66. The van der Waals surface area contributed by atoms with Gasteiger partial charge in [0.25, 0.3) is 0 Å². The molecule has 2 aromatic carbocycles. The molecule has 0 saturated heterocycles. The number of nitrogens with zero attached hydrogens (tertiary/aromatic N) is 1. The number of rotatable bonds is 5. The van der Waals surface area contributed by atoms with Crippen molar-refractivity contribution < 1.29 is 0 Å². The molecule has 0 aliphatic heterocycles. The SMILES string of the molecule is CSc1cccc(N(C)Cc2cccc(Cl)c2)c1C(N)=S. The normalized spacial score (nSPS) is 10.4. The molecule has 2 aromatic rings. The summed E-state index contributed by atoms with van der Waals surface area (Å²) in [7, 11) is 2.03. The second-order valence-corrected chi connectivity index (χ2v) is 6.43. The summed E-state index contributed by atoms with van der Waals surface area (Å²) in [5.41, 5.74) is 9.03. The van der Waals surface area contributed by atoms with Crippen molar-refractivity contribution in [2.75, 3.05) is 18.2 Å². The fourth-order valence-electron chi connectivity index (χ4n) is 2.25. The Morgan fingerprint density at radius 1 is 1.29 bits per heavy atom. The van der Waals surface area contributed by atoms with Crippen molar-refractivity contribution in [2.24, 2.45) is 5.73 Å². The summed E-state index contributed by atoms with van der Waals surface area (Å²) < 4.78 is 0. The second-order valence-electron chi connectivity index (χ2n) is 4.70. The Kier molecular flexibility index (Phi) is 5.51. The summed E-state index contributed by atoms with van der Waals surface area (Å²) in [6, 6.07) is 14.0. The maximum absolute atomic E-state index is 6.04. The highest BCUT2D eigenvalue weighted by atomic mass is 35.5. The molecular formula is C16H17ClN2S2. The Morgan fingerprint density at radius 3 is 2.62 bits per heavy atom. The van der Waals surface area contributed by atoms with Crippen LogP contribution in [0.15, 0.2) is 47.4 Å². The lowest BCUT2D eigenvalue weighted by molar-refractivity contribution is 0.919. The summed E-state index contributed by atoms with van der Waals surface area (Å²) in [6.45, 7) is 0.744. The van der Waals surface area contributed by atoms with Crippen molar-refractivity contribution in [3.8, 4) is 0 Å². The van der Waals surface area contributed by atoms with E-state index in [4.69, 9.17) is 29.6 Å². The molecule has 0 heterocycles. The maximum Gasteiger partial charge on any atom is 0.107 e. The van der Waals surface area contributed by atoms with E-state index in [0.717, 1.165) is 33.3 Å². The minimum absolute atomic E-state index is 0.424. The minimum atomic E-state index is 0.424. The summed E-state index contributed by atoms with van der Waals surface area (Å²) in [6.07, 6.45) is 2.03. The van der Waals surface area contributed by atoms with Crippen LogP contribution < -0.4 is 10.6 Å². The third-order valence-corrected chi connectivity index (χ3v) is 4.41. The predicted octanol–water partition coefficient (Wildman–Crippen LogP) is 4.33. The van der Waals surface area contributed by atoms with Crippen LogP contribution in [-0.4, -0.2) is 18.3 Å². The number of benzene rings is 2. The van der Waals surface area contributed by atoms with Crippen LogP contribution in [0.2, 0.25) is 5.02 Å². The standard InChI is InChI=1S/C16H17ClN2S2/c1-19(10-11-5-3-6-12(17)9-11)13-7-4-8-14(21-2)15(13)16(18)20/h3-9H,10H2,1-2H3,(H2,18,20). The zero-order valence-corrected chi connectivity index (χ0v) is 14.4. The zero-order valence-electron chi connectivity index (χ0n) is 12.0. The van der Waals surface area contributed by atoms with Crippen LogP contribution in [0.25, 0.3) is 0 Å². The highest BCUT2D eigenvalue weighted by Crippen LogP contribution is 2.30. The minimum Gasteiger partial charge on any atom is -0.389 e. The summed E-state index contributed by atoms with van der Waals surface area (Å²) in [5.74, 6) is 0. The van der Waals surface area contributed by atoms with E-state index in [1.165, 1.54) is 0 Å². The molecule has 0 aliphatic carbocycles. The van der Waals surface area contributed by atoms with Gasteiger partial charge in [-0.1, -0.05) is 42.0 Å². The van der Waals surface area contributed by atoms with Gasteiger partial charge >= 0.3 is 0 Å². The molecule has 2 rings (SSSR count). The Labute approximate surface area is 140 Å². The van der Waals surface area contributed by atoms with Gasteiger partial charge in [-0.2, -0.15) is 0 Å². The zero-order chi connectivity index (χ0) is 15.4. The number of hydrogen-bond acceptors (Lipinski definition) is 3. The van der Waals surface area contributed by atoms with Gasteiger partial charge in [-0.05, 0) is 36.1 Å². The van der Waals surface area contributed by atoms with E-state index >= 15 is 0 Å². The average molecular weight is 337 g/mol. The molecular weight excluding hydrogens is 320 g/mol. The first kappa shape index (κ1) is 16.1. The molecule has 110 valence electrons. The topological polar surface area (TPSA) is 29.3 Å². The highest BCUT2D eigenvalue weighted by Gasteiger charge is 2.14. The fourth-order valence-corrected chi connectivity index (χ4v) is 3.38. The van der Waals surface area contributed by atoms with Crippen LogP contribution >= 0.6 is 35.6 Å². The molecule has 2 nitrogen and oxygen atoms in total. The summed E-state index contributed by atoms with van der Waals surface area (Å²) in [5, 5.41) is 0.744. The van der Waals surface area contributed by atoms with Crippen molar-refractivity contribution in [3.63, 3.8) is 0 Å². The van der Waals surface area contributed by atoms with Crippen LogP contribution in [0.1, 0.15) is 11.1 Å². The van der Waals surface area contributed by atoms with Gasteiger partial charge in [-0.3, -0.25) is 0 Å². The quantitative estimate of drug-likeness (QED) is 0.650. The van der Waals surface area contributed by atoms with E-state index < -0.39 is 0 Å². The number of thiocarbonyl (C=S) groups is 1. The van der Waals surface area contributed by atoms with Gasteiger partial charge in [-0.15, -0.1) is 11.8 Å². The third kappa shape index (κ3) is 3.90. The number of nitrogens with two attached hydrogens (primary N) is 1. The van der Waals surface area contributed by atoms with E-state index in [-0.39, 0.29) is 0 Å². The van der Waals surface area contributed by atoms with Gasteiger partial charge in [0.2, 0.25) is 0 Å². The fraction of sp³-hybridized carbons (Fsp3) is 0.188. The molecule has 5 heteroatoms. The largest absolute Gasteiger partial charge is 0.389 e. The van der Waals surface area contributed by atoms with Crippen molar-refractivity contribution in [3.05, 3.63) is 58.6 Å². The van der Waals surface area contributed by atoms with Crippen LogP contribution in [0.4, 0.5) is 5.69 Å². The second kappa shape index (κ2) is 7.16. The monoisotopic (exact) mass is 336 g/mol. The van der Waals surface area contributed by atoms with Crippen LogP contribution in [0.3, 0.4) is 0 Å². The molecule has 0 aliphatic rings. The number of anilines is 1. The highest BCUT2D eigenvalue weighted by molar-refractivity contribution is 7.98. The predicted molar refractivity (Wildman–Crippen MR) is 97.7 cm³/mol. The number of halogens is 1. The smallest absolute Gasteiger partial charge is 0.107 e. The molecule has 0 atom stereocenters. The molecule has 0 saturated carbocycles. The summed E-state index contributed by atoms with van der Waals surface area (Å²) >= 11 is 12.9.